The Morgan fingerprint density at radius 3 is 1.39 bits per heavy atom. The van der Waals surface area contributed by atoms with Crippen LogP contribution in [0.1, 0.15) is 49.9 Å². The van der Waals surface area contributed by atoms with Gasteiger partial charge in [-0.05, 0) is 77.0 Å². The average molecular weight is 530 g/mol. The van der Waals surface area contributed by atoms with Gasteiger partial charge in [-0.1, -0.05) is 52.0 Å². The molecule has 0 fully saturated rings. The number of benzene rings is 2. The van der Waals surface area contributed by atoms with Gasteiger partial charge < -0.3 is 0 Å². The number of hydrogen-bond donors (Lipinski definition) is 0. The minimum absolute atomic E-state index is 0.00244. The van der Waals surface area contributed by atoms with Gasteiger partial charge in [-0.3, -0.25) is 0 Å². The third-order valence-electron chi connectivity index (χ3n) is 6.75. The second-order valence-electron chi connectivity index (χ2n) is 8.91. The lowest BCUT2D eigenvalue weighted by Crippen LogP contribution is -2.26. The van der Waals surface area contributed by atoms with Gasteiger partial charge in [0.05, 0.1) is 7.57 Å². The molecule has 4 heteroatoms. The third kappa shape index (κ3) is 2.01. The minimum Gasteiger partial charge on any atom is -0.128 e. The Hall–Kier alpha value is -0.940. The van der Waals surface area contributed by atoms with Crippen molar-refractivity contribution in [2.24, 2.45) is 0 Å². The molecule has 4 aromatic rings. The van der Waals surface area contributed by atoms with Crippen LogP contribution in [-0.4, -0.2) is 0 Å². The fourth-order valence-electron chi connectivity index (χ4n) is 5.26. The summed E-state index contributed by atoms with van der Waals surface area (Å²) >= 11 is 11.2. The van der Waals surface area contributed by atoms with Crippen molar-refractivity contribution in [2.75, 3.05) is 0 Å². The Morgan fingerprint density at radius 1 is 0.607 bits per heavy atom. The quantitative estimate of drug-likeness (QED) is 0.213. The molecule has 2 aliphatic rings. The van der Waals surface area contributed by atoms with Crippen LogP contribution in [-0.2, 0) is 10.8 Å². The fourth-order valence-corrected chi connectivity index (χ4v) is 8.84. The van der Waals surface area contributed by atoms with Gasteiger partial charge in [0.1, 0.15) is 0 Å². The van der Waals surface area contributed by atoms with Crippen molar-refractivity contribution in [1.82, 2.24) is 0 Å². The number of halogens is 2. The summed E-state index contributed by atoms with van der Waals surface area (Å²) in [6, 6.07) is 14.2. The summed E-state index contributed by atoms with van der Waals surface area (Å²) in [5.74, 6) is 0. The molecule has 28 heavy (non-hydrogen) atoms. The van der Waals surface area contributed by atoms with Crippen LogP contribution in [0.5, 0.6) is 0 Å². The zero-order valence-electron chi connectivity index (χ0n) is 16.0. The van der Waals surface area contributed by atoms with E-state index in [2.05, 4.69) is 96.0 Å². The Labute approximate surface area is 189 Å². The molecule has 0 bridgehead atoms. The maximum Gasteiger partial charge on any atom is 0.0708 e. The first-order valence-electron chi connectivity index (χ1n) is 9.42. The van der Waals surface area contributed by atoms with Crippen molar-refractivity contribution in [3.05, 3.63) is 66.2 Å². The highest BCUT2D eigenvalue weighted by atomic mass is 79.9. The van der Waals surface area contributed by atoms with Crippen LogP contribution < -0.4 is 0 Å². The molecule has 140 valence electrons. The number of rotatable bonds is 0. The van der Waals surface area contributed by atoms with E-state index in [1.807, 2.05) is 22.7 Å². The molecule has 2 aromatic carbocycles. The Morgan fingerprint density at radius 2 is 1.00 bits per heavy atom. The number of hydrogen-bond acceptors (Lipinski definition) is 2. The molecule has 0 nitrogen and oxygen atoms in total. The van der Waals surface area contributed by atoms with Crippen LogP contribution in [0.25, 0.3) is 31.7 Å². The zero-order chi connectivity index (χ0) is 19.6. The second kappa shape index (κ2) is 5.40. The SMILES string of the molecule is CC1(C)c2cc(Br)sc2-c2ccc3c4c(ccc1c24)-c1sc(Br)cc1C3(C)C. The summed E-state index contributed by atoms with van der Waals surface area (Å²) in [7, 11) is 0. The number of fused-ring (bicyclic) bond motifs is 4. The summed E-state index contributed by atoms with van der Waals surface area (Å²) < 4.78 is 2.43. The topological polar surface area (TPSA) is 0 Å². The molecule has 2 aromatic heterocycles. The first-order valence-corrected chi connectivity index (χ1v) is 12.6. The standard InChI is InChI=1S/C24H18Br2S2/c1-23(2)13-7-5-12-20-14(24(3,4)16-10-18(26)28-22(12)16)8-6-11(19(13)20)21-15(23)9-17(25)27-21/h5-10H,1-4H3. The van der Waals surface area contributed by atoms with E-state index < -0.39 is 0 Å². The molecule has 0 aliphatic heterocycles. The van der Waals surface area contributed by atoms with Crippen LogP contribution in [0.4, 0.5) is 0 Å². The summed E-state index contributed by atoms with van der Waals surface area (Å²) in [5.41, 5.74) is 8.59. The lowest BCUT2D eigenvalue weighted by molar-refractivity contribution is 0.640. The van der Waals surface area contributed by atoms with Crippen molar-refractivity contribution < 1.29 is 0 Å². The van der Waals surface area contributed by atoms with Crippen LogP contribution in [0.2, 0.25) is 0 Å². The molecule has 0 saturated carbocycles. The van der Waals surface area contributed by atoms with Gasteiger partial charge in [-0.25, -0.2) is 0 Å². The summed E-state index contributed by atoms with van der Waals surface area (Å²) in [6.45, 7) is 9.50. The molecule has 0 atom stereocenters. The maximum absolute atomic E-state index is 3.75. The summed E-state index contributed by atoms with van der Waals surface area (Å²) in [5, 5.41) is 2.93. The van der Waals surface area contributed by atoms with E-state index in [1.54, 1.807) is 0 Å². The maximum atomic E-state index is 3.75. The highest BCUT2D eigenvalue weighted by Gasteiger charge is 2.40. The predicted octanol–water partition coefficient (Wildman–Crippen LogP) is 9.10. The average Bonchev–Trinajstić information content (AvgIpc) is 3.22. The molecule has 2 aliphatic carbocycles. The van der Waals surface area contributed by atoms with Gasteiger partial charge in [0, 0.05) is 31.7 Å². The van der Waals surface area contributed by atoms with Crippen molar-refractivity contribution in [1.29, 1.82) is 0 Å². The molecule has 0 N–H and O–H groups in total. The lowest BCUT2D eigenvalue weighted by atomic mass is 9.65. The number of thiophene rings is 2. The van der Waals surface area contributed by atoms with E-state index in [4.69, 9.17) is 0 Å². The molecule has 0 spiro atoms. The minimum atomic E-state index is 0.00244. The molecule has 0 unspecified atom stereocenters. The van der Waals surface area contributed by atoms with Gasteiger partial charge in [-0.2, -0.15) is 0 Å². The zero-order valence-corrected chi connectivity index (χ0v) is 20.8. The van der Waals surface area contributed by atoms with E-state index in [-0.39, 0.29) is 10.8 Å². The van der Waals surface area contributed by atoms with Crippen molar-refractivity contribution >= 4 is 65.3 Å². The first kappa shape index (κ1) is 17.9. The van der Waals surface area contributed by atoms with Gasteiger partial charge in [0.15, 0.2) is 0 Å². The summed E-state index contributed by atoms with van der Waals surface area (Å²) in [4.78, 5) is 2.84. The Balaban J connectivity index is 1.86. The van der Waals surface area contributed by atoms with Crippen molar-refractivity contribution in [2.45, 2.75) is 38.5 Å². The van der Waals surface area contributed by atoms with Gasteiger partial charge in [-0.15, -0.1) is 22.7 Å². The van der Waals surface area contributed by atoms with Crippen LogP contribution in [0.15, 0.2) is 44.0 Å². The smallest absolute Gasteiger partial charge is 0.0708 e. The van der Waals surface area contributed by atoms with Gasteiger partial charge in [0.2, 0.25) is 0 Å². The largest absolute Gasteiger partial charge is 0.128 e. The molecule has 0 radical (unpaired) electrons. The monoisotopic (exact) mass is 528 g/mol. The van der Waals surface area contributed by atoms with Crippen molar-refractivity contribution in [3.8, 4) is 20.9 Å². The molecule has 2 heterocycles. The molecule has 0 saturated heterocycles. The third-order valence-corrected chi connectivity index (χ3v) is 10.1. The lowest BCUT2D eigenvalue weighted by Gasteiger charge is -2.38. The second-order valence-corrected chi connectivity index (χ2v) is 13.8. The summed E-state index contributed by atoms with van der Waals surface area (Å²) in [6.07, 6.45) is 0. The van der Waals surface area contributed by atoms with Crippen LogP contribution >= 0.6 is 54.5 Å². The molecule has 6 rings (SSSR count). The first-order chi connectivity index (χ1) is 13.2. The molecular formula is C24H18Br2S2. The predicted molar refractivity (Wildman–Crippen MR) is 130 cm³/mol. The van der Waals surface area contributed by atoms with E-state index in [0.717, 1.165) is 0 Å². The van der Waals surface area contributed by atoms with Crippen molar-refractivity contribution in [3.63, 3.8) is 0 Å². The van der Waals surface area contributed by atoms with Gasteiger partial charge in [0.25, 0.3) is 0 Å². The highest BCUT2D eigenvalue weighted by Crippen LogP contribution is 2.59. The fraction of sp³-hybridized carbons (Fsp3) is 0.250. The Kier molecular flexibility index (Phi) is 3.45. The molecular weight excluding hydrogens is 512 g/mol. The Bertz CT molecular complexity index is 1230. The van der Waals surface area contributed by atoms with E-state index in [0.29, 0.717) is 0 Å². The normalized spacial score (nSPS) is 17.5. The van der Waals surface area contributed by atoms with E-state index >= 15 is 0 Å². The highest BCUT2D eigenvalue weighted by molar-refractivity contribution is 9.11. The van der Waals surface area contributed by atoms with Gasteiger partial charge >= 0.3 is 0 Å². The molecule has 0 amide bonds. The van der Waals surface area contributed by atoms with Crippen LogP contribution in [0.3, 0.4) is 0 Å². The van der Waals surface area contributed by atoms with E-state index in [9.17, 15) is 0 Å². The van der Waals surface area contributed by atoms with Crippen LogP contribution in [0, 0.1) is 0 Å². The van der Waals surface area contributed by atoms with E-state index in [1.165, 1.54) is 61.5 Å².